The molecule has 1 aromatic heterocycles. The first-order valence-corrected chi connectivity index (χ1v) is 11.6. The maximum atomic E-state index is 13.3. The molecule has 6 nitrogen and oxygen atoms in total. The van der Waals surface area contributed by atoms with Gasteiger partial charge in [0.2, 0.25) is 5.91 Å². The number of amides is 2. The number of rotatable bonds is 6. The molecule has 0 atom stereocenters. The molecule has 4 rings (SSSR count). The summed E-state index contributed by atoms with van der Waals surface area (Å²) in [5.74, 6) is 0.320. The molecule has 1 aliphatic carbocycles. The first-order valence-electron chi connectivity index (χ1n) is 9.41. The Kier molecular flexibility index (Phi) is 6.17. The lowest BCUT2D eigenvalue weighted by atomic mass is 10.2. The highest BCUT2D eigenvalue weighted by molar-refractivity contribution is 8.14. The molecular weight excluding hydrogens is 442 g/mol. The van der Waals surface area contributed by atoms with Crippen LogP contribution in [0.5, 0.6) is 5.75 Å². The van der Waals surface area contributed by atoms with Crippen molar-refractivity contribution in [2.75, 3.05) is 17.8 Å². The number of thiophene rings is 1. The fraction of sp³-hybridized carbons (Fsp3) is 0.286. The van der Waals surface area contributed by atoms with Crippen molar-refractivity contribution in [1.82, 2.24) is 5.32 Å². The molecule has 2 aliphatic rings. The zero-order valence-corrected chi connectivity index (χ0v) is 18.9. The van der Waals surface area contributed by atoms with Crippen LogP contribution >= 0.6 is 34.7 Å². The van der Waals surface area contributed by atoms with Crippen molar-refractivity contribution in [2.45, 2.75) is 25.8 Å². The van der Waals surface area contributed by atoms with Crippen LogP contribution in [-0.4, -0.2) is 35.9 Å². The molecular formula is C21H20ClN3O3S2. The summed E-state index contributed by atoms with van der Waals surface area (Å²) in [6, 6.07) is 7.35. The Morgan fingerprint density at radius 3 is 2.90 bits per heavy atom. The molecule has 0 spiro atoms. The third-order valence-electron chi connectivity index (χ3n) is 4.66. The number of ether oxygens (including phenoxy) is 1. The van der Waals surface area contributed by atoms with Gasteiger partial charge >= 0.3 is 0 Å². The third-order valence-corrected chi connectivity index (χ3v) is 6.80. The zero-order chi connectivity index (χ0) is 21.3. The second-order valence-corrected chi connectivity index (χ2v) is 9.31. The van der Waals surface area contributed by atoms with Crippen LogP contribution in [0.1, 0.15) is 23.3 Å². The molecule has 156 valence electrons. The van der Waals surface area contributed by atoms with Gasteiger partial charge in [-0.05, 0) is 61.1 Å². The fourth-order valence-electron chi connectivity index (χ4n) is 2.93. The Labute approximate surface area is 188 Å². The Bertz CT molecular complexity index is 1060. The number of carbonyl (C=O) groups excluding carboxylic acids is 2. The monoisotopic (exact) mass is 461 g/mol. The second-order valence-electron chi connectivity index (χ2n) is 6.98. The number of amidine groups is 1. The summed E-state index contributed by atoms with van der Waals surface area (Å²) in [4.78, 5) is 32.5. The smallest absolute Gasteiger partial charge is 0.283 e. The lowest BCUT2D eigenvalue weighted by Crippen LogP contribution is -2.33. The van der Waals surface area contributed by atoms with Crippen LogP contribution in [0.3, 0.4) is 0 Å². The van der Waals surface area contributed by atoms with Gasteiger partial charge in [0, 0.05) is 15.9 Å². The van der Waals surface area contributed by atoms with Gasteiger partial charge in [0.25, 0.3) is 5.91 Å². The van der Waals surface area contributed by atoms with Gasteiger partial charge in [0.15, 0.2) is 5.17 Å². The first kappa shape index (κ1) is 21.0. The molecule has 1 aliphatic heterocycles. The number of nitrogens with zero attached hydrogens (tertiary/aromatic N) is 2. The van der Waals surface area contributed by atoms with Crippen LogP contribution in [0.2, 0.25) is 5.02 Å². The lowest BCUT2D eigenvalue weighted by molar-refractivity contribution is -0.118. The average molecular weight is 462 g/mol. The number of nitrogens with one attached hydrogen (secondary N) is 1. The van der Waals surface area contributed by atoms with E-state index in [1.807, 2.05) is 18.4 Å². The summed E-state index contributed by atoms with van der Waals surface area (Å²) >= 11 is 8.96. The maximum Gasteiger partial charge on any atom is 0.283 e. The quantitative estimate of drug-likeness (QED) is 0.644. The third kappa shape index (κ3) is 4.55. The molecule has 0 radical (unpaired) electrons. The Morgan fingerprint density at radius 2 is 2.23 bits per heavy atom. The summed E-state index contributed by atoms with van der Waals surface area (Å²) in [7, 11) is 1.53. The Balaban J connectivity index is 1.67. The minimum absolute atomic E-state index is 0.0674. The molecule has 2 amide bonds. The van der Waals surface area contributed by atoms with Crippen molar-refractivity contribution in [3.63, 3.8) is 0 Å². The Morgan fingerprint density at radius 1 is 1.43 bits per heavy atom. The van der Waals surface area contributed by atoms with Gasteiger partial charge < -0.3 is 10.1 Å². The van der Waals surface area contributed by atoms with Crippen molar-refractivity contribution in [2.24, 2.45) is 4.99 Å². The van der Waals surface area contributed by atoms with E-state index in [2.05, 4.69) is 10.3 Å². The number of thioether (sulfide) groups is 1. The fourth-order valence-corrected chi connectivity index (χ4v) is 4.76. The summed E-state index contributed by atoms with van der Waals surface area (Å²) < 4.78 is 5.44. The molecule has 9 heteroatoms. The predicted molar refractivity (Wildman–Crippen MR) is 124 cm³/mol. The number of carbonyl (C=O) groups is 2. The topological polar surface area (TPSA) is 71.0 Å². The number of hydrogen-bond donors (Lipinski definition) is 1. The lowest BCUT2D eigenvalue weighted by Gasteiger charge is -2.20. The van der Waals surface area contributed by atoms with Gasteiger partial charge in [-0.15, -0.1) is 11.3 Å². The molecule has 0 unspecified atom stereocenters. The number of aliphatic imine (C=N–C) groups is 1. The highest BCUT2D eigenvalue weighted by Gasteiger charge is 2.35. The SMILES string of the molecule is COc1ccc(Cl)cc1N1C(=O)/C(=C\c2sccc2C)N=C1SCC(=O)NC1CC1. The summed E-state index contributed by atoms with van der Waals surface area (Å²) in [6.45, 7) is 1.99. The standard InChI is InChI=1S/C21H20ClN3O3S2/c1-12-7-8-29-18(12)10-15-20(27)25(16-9-13(22)3-6-17(16)28-2)21(24-15)30-11-19(26)23-14-4-5-14/h3,6-10,14H,4-5,11H2,1-2H3,(H,23,26)/b15-10+. The van der Waals surface area contributed by atoms with Crippen LogP contribution in [0, 0.1) is 6.92 Å². The summed E-state index contributed by atoms with van der Waals surface area (Å²) in [5, 5.41) is 5.82. The van der Waals surface area contributed by atoms with E-state index < -0.39 is 0 Å². The van der Waals surface area contributed by atoms with Crippen molar-refractivity contribution in [3.8, 4) is 5.75 Å². The highest BCUT2D eigenvalue weighted by Crippen LogP contribution is 2.37. The van der Waals surface area contributed by atoms with Crippen molar-refractivity contribution in [1.29, 1.82) is 0 Å². The number of anilines is 1. The van der Waals surface area contributed by atoms with E-state index >= 15 is 0 Å². The van der Waals surface area contributed by atoms with E-state index in [0.29, 0.717) is 27.3 Å². The number of benzene rings is 1. The summed E-state index contributed by atoms with van der Waals surface area (Å²) in [5.41, 5.74) is 1.88. The van der Waals surface area contributed by atoms with Crippen molar-refractivity contribution < 1.29 is 14.3 Å². The van der Waals surface area contributed by atoms with E-state index in [4.69, 9.17) is 16.3 Å². The number of halogens is 1. The van der Waals surface area contributed by atoms with Gasteiger partial charge in [-0.25, -0.2) is 9.89 Å². The van der Waals surface area contributed by atoms with Crippen LogP contribution < -0.4 is 15.0 Å². The minimum atomic E-state index is -0.284. The predicted octanol–water partition coefficient (Wildman–Crippen LogP) is 4.47. The van der Waals surface area contributed by atoms with Crippen LogP contribution in [0.25, 0.3) is 6.08 Å². The number of aryl methyl sites for hydroxylation is 1. The number of hydrogen-bond acceptors (Lipinski definition) is 6. The van der Waals surface area contributed by atoms with E-state index in [9.17, 15) is 9.59 Å². The number of methoxy groups -OCH3 is 1. The molecule has 2 aromatic rings. The van der Waals surface area contributed by atoms with E-state index in [0.717, 1.165) is 23.3 Å². The first-order chi connectivity index (χ1) is 14.5. The van der Waals surface area contributed by atoms with Crippen LogP contribution in [0.4, 0.5) is 5.69 Å². The summed E-state index contributed by atoms with van der Waals surface area (Å²) in [6.07, 6.45) is 3.83. The molecule has 0 saturated heterocycles. The maximum absolute atomic E-state index is 13.3. The van der Waals surface area contributed by atoms with Crippen LogP contribution in [-0.2, 0) is 9.59 Å². The molecule has 0 bridgehead atoms. The zero-order valence-electron chi connectivity index (χ0n) is 16.5. The molecule has 1 aromatic carbocycles. The molecule has 1 saturated carbocycles. The van der Waals surface area contributed by atoms with Crippen molar-refractivity contribution >= 4 is 63.4 Å². The average Bonchev–Trinajstić information content (AvgIpc) is 3.36. The van der Waals surface area contributed by atoms with Gasteiger partial charge in [0.05, 0.1) is 18.6 Å². The van der Waals surface area contributed by atoms with Gasteiger partial charge in [-0.1, -0.05) is 23.4 Å². The van der Waals surface area contributed by atoms with Gasteiger partial charge in [-0.2, -0.15) is 0 Å². The molecule has 2 heterocycles. The molecule has 1 N–H and O–H groups in total. The largest absolute Gasteiger partial charge is 0.495 e. The van der Waals surface area contributed by atoms with E-state index in [1.165, 1.54) is 23.8 Å². The van der Waals surface area contributed by atoms with Crippen molar-refractivity contribution in [3.05, 3.63) is 50.8 Å². The highest BCUT2D eigenvalue weighted by atomic mass is 35.5. The second kappa shape index (κ2) is 8.83. The Hall–Kier alpha value is -2.29. The van der Waals surface area contributed by atoms with Crippen LogP contribution in [0.15, 0.2) is 40.3 Å². The van der Waals surface area contributed by atoms with E-state index in [-0.39, 0.29) is 23.6 Å². The molecule has 1 fully saturated rings. The van der Waals surface area contributed by atoms with Gasteiger partial charge in [0.1, 0.15) is 11.4 Å². The normalized spacial score (nSPS) is 17.4. The van der Waals surface area contributed by atoms with E-state index in [1.54, 1.807) is 35.6 Å². The van der Waals surface area contributed by atoms with Gasteiger partial charge in [-0.3, -0.25) is 9.59 Å². The molecule has 30 heavy (non-hydrogen) atoms. The minimum Gasteiger partial charge on any atom is -0.495 e.